The predicted octanol–water partition coefficient (Wildman–Crippen LogP) is 1.56. The first-order valence-electron chi connectivity index (χ1n) is 5.36. The molecule has 1 heterocycles. The molecule has 0 radical (unpaired) electrons. The van der Waals surface area contributed by atoms with Gasteiger partial charge in [0.05, 0.1) is 11.9 Å². The van der Waals surface area contributed by atoms with Gasteiger partial charge in [0.15, 0.2) is 0 Å². The lowest BCUT2D eigenvalue weighted by Gasteiger charge is -2.08. The van der Waals surface area contributed by atoms with Gasteiger partial charge in [-0.3, -0.25) is 0 Å². The van der Waals surface area contributed by atoms with Crippen LogP contribution in [0.3, 0.4) is 0 Å². The van der Waals surface area contributed by atoms with E-state index in [1.807, 2.05) is 32.0 Å². The average molecular weight is 263 g/mol. The third kappa shape index (κ3) is 2.38. The monoisotopic (exact) mass is 263 g/mol. The summed E-state index contributed by atoms with van der Waals surface area (Å²) in [6.45, 7) is 3.90. The number of benzene rings is 1. The summed E-state index contributed by atoms with van der Waals surface area (Å²) in [5, 5.41) is 7.02. The molecular weight excluding hydrogens is 250 g/mol. The van der Waals surface area contributed by atoms with Crippen LogP contribution in [0.25, 0.3) is 11.3 Å². The van der Waals surface area contributed by atoms with Crippen molar-refractivity contribution >= 4 is 9.84 Å². The summed E-state index contributed by atoms with van der Waals surface area (Å²) in [7, 11) is -3.44. The van der Waals surface area contributed by atoms with Crippen LogP contribution in [0.5, 0.6) is 0 Å². The Bertz CT molecular complexity index is 676. The molecule has 0 spiro atoms. The molecule has 0 aliphatic rings. The topological polar surface area (TPSA) is 72.8 Å². The molecule has 18 heavy (non-hydrogen) atoms. The summed E-state index contributed by atoms with van der Waals surface area (Å²) in [5.74, 6) is 0. The zero-order valence-electron chi connectivity index (χ0n) is 10.4. The zero-order valence-corrected chi connectivity index (χ0v) is 11.2. The van der Waals surface area contributed by atoms with Gasteiger partial charge in [0.2, 0.25) is 9.84 Å². The quantitative estimate of drug-likeness (QED) is 0.822. The lowest BCUT2D eigenvalue weighted by atomic mass is 10.0. The van der Waals surface area contributed by atoms with Gasteiger partial charge in [0, 0.05) is 11.8 Å². The highest BCUT2D eigenvalue weighted by Gasteiger charge is 2.15. The van der Waals surface area contributed by atoms with Gasteiger partial charge in [-0.1, -0.05) is 18.2 Å². The molecule has 0 N–H and O–H groups in total. The molecule has 0 saturated heterocycles. The van der Waals surface area contributed by atoms with Crippen LogP contribution in [0.2, 0.25) is 0 Å². The molecule has 0 amide bonds. The summed E-state index contributed by atoms with van der Waals surface area (Å²) in [6.07, 6.45) is 2.54. The molecular formula is C12H13N3O2S. The van der Waals surface area contributed by atoms with Crippen LogP contribution >= 0.6 is 0 Å². The van der Waals surface area contributed by atoms with Gasteiger partial charge in [-0.2, -0.15) is 5.10 Å². The number of aryl methyl sites for hydroxylation is 2. The van der Waals surface area contributed by atoms with Gasteiger partial charge < -0.3 is 0 Å². The molecule has 2 rings (SSSR count). The lowest BCUT2D eigenvalue weighted by molar-refractivity contribution is 0.589. The summed E-state index contributed by atoms with van der Waals surface area (Å²) in [5.41, 5.74) is 3.48. The molecule has 94 valence electrons. The predicted molar refractivity (Wildman–Crippen MR) is 67.8 cm³/mol. The fourth-order valence-electron chi connectivity index (χ4n) is 1.78. The van der Waals surface area contributed by atoms with E-state index in [0.29, 0.717) is 5.69 Å². The Balaban J connectivity index is 2.66. The Hall–Kier alpha value is -1.82. The van der Waals surface area contributed by atoms with Crippen LogP contribution in [-0.2, 0) is 9.84 Å². The van der Waals surface area contributed by atoms with Gasteiger partial charge in [0.25, 0.3) is 5.16 Å². The summed E-state index contributed by atoms with van der Waals surface area (Å²) in [4.78, 5) is 4.07. The fourth-order valence-corrected chi connectivity index (χ4v) is 2.24. The van der Waals surface area contributed by atoms with E-state index in [1.54, 1.807) is 0 Å². The Morgan fingerprint density at radius 2 is 1.72 bits per heavy atom. The van der Waals surface area contributed by atoms with E-state index in [1.165, 1.54) is 6.20 Å². The maximum atomic E-state index is 11.4. The van der Waals surface area contributed by atoms with Gasteiger partial charge in [-0.05, 0) is 25.0 Å². The van der Waals surface area contributed by atoms with E-state index in [2.05, 4.69) is 15.2 Å². The van der Waals surface area contributed by atoms with Crippen molar-refractivity contribution in [3.63, 3.8) is 0 Å². The van der Waals surface area contributed by atoms with Crippen LogP contribution in [0.1, 0.15) is 11.1 Å². The van der Waals surface area contributed by atoms with Gasteiger partial charge in [-0.15, -0.1) is 5.10 Å². The third-order valence-corrected chi connectivity index (χ3v) is 3.44. The Morgan fingerprint density at radius 1 is 1.11 bits per heavy atom. The van der Waals surface area contributed by atoms with E-state index < -0.39 is 9.84 Å². The molecule has 0 aliphatic heterocycles. The van der Waals surface area contributed by atoms with Crippen molar-refractivity contribution in [1.82, 2.24) is 15.2 Å². The molecule has 6 heteroatoms. The SMILES string of the molecule is Cc1cccc(C)c1-c1cnnc(S(C)(=O)=O)n1. The molecule has 0 atom stereocenters. The van der Waals surface area contributed by atoms with Crippen molar-refractivity contribution in [1.29, 1.82) is 0 Å². The number of sulfone groups is 1. The van der Waals surface area contributed by atoms with E-state index >= 15 is 0 Å². The van der Waals surface area contributed by atoms with E-state index in [-0.39, 0.29) is 5.16 Å². The Labute approximate surface area is 106 Å². The van der Waals surface area contributed by atoms with Crippen molar-refractivity contribution in [2.45, 2.75) is 19.0 Å². The lowest BCUT2D eigenvalue weighted by Crippen LogP contribution is -2.06. The second kappa shape index (κ2) is 4.45. The molecule has 2 aromatic rings. The number of hydrogen-bond acceptors (Lipinski definition) is 5. The third-order valence-electron chi connectivity index (χ3n) is 2.61. The van der Waals surface area contributed by atoms with Crippen LogP contribution in [0.4, 0.5) is 0 Å². The van der Waals surface area contributed by atoms with Gasteiger partial charge in [0.1, 0.15) is 0 Å². The minimum atomic E-state index is -3.44. The largest absolute Gasteiger partial charge is 0.267 e. The first kappa shape index (κ1) is 12.6. The van der Waals surface area contributed by atoms with Crippen molar-refractivity contribution in [2.24, 2.45) is 0 Å². The second-order valence-corrected chi connectivity index (χ2v) is 6.07. The number of nitrogens with zero attached hydrogens (tertiary/aromatic N) is 3. The smallest absolute Gasteiger partial charge is 0.221 e. The summed E-state index contributed by atoms with van der Waals surface area (Å²) in [6, 6.07) is 5.84. The molecule has 0 bridgehead atoms. The highest BCUT2D eigenvalue weighted by Crippen LogP contribution is 2.24. The van der Waals surface area contributed by atoms with Crippen molar-refractivity contribution in [3.8, 4) is 11.3 Å². The Kier molecular flexibility index (Phi) is 3.13. The van der Waals surface area contributed by atoms with Crippen LogP contribution in [-0.4, -0.2) is 29.9 Å². The fraction of sp³-hybridized carbons (Fsp3) is 0.250. The van der Waals surface area contributed by atoms with Crippen molar-refractivity contribution in [3.05, 3.63) is 35.5 Å². The van der Waals surface area contributed by atoms with E-state index in [9.17, 15) is 8.42 Å². The first-order chi connectivity index (χ1) is 8.39. The van der Waals surface area contributed by atoms with Crippen LogP contribution in [0, 0.1) is 13.8 Å². The average Bonchev–Trinajstić information content (AvgIpc) is 2.28. The normalized spacial score (nSPS) is 11.5. The molecule has 0 unspecified atom stereocenters. The molecule has 0 saturated carbocycles. The summed E-state index contributed by atoms with van der Waals surface area (Å²) < 4.78 is 22.8. The number of aromatic nitrogens is 3. The van der Waals surface area contributed by atoms with Crippen LogP contribution < -0.4 is 0 Å². The zero-order chi connectivity index (χ0) is 13.3. The molecule has 1 aromatic carbocycles. The highest BCUT2D eigenvalue weighted by atomic mass is 32.2. The molecule has 0 aliphatic carbocycles. The molecule has 1 aromatic heterocycles. The van der Waals surface area contributed by atoms with E-state index in [4.69, 9.17) is 0 Å². The van der Waals surface area contributed by atoms with Crippen molar-refractivity contribution in [2.75, 3.05) is 6.26 Å². The van der Waals surface area contributed by atoms with Gasteiger partial charge in [-0.25, -0.2) is 13.4 Å². The van der Waals surface area contributed by atoms with Gasteiger partial charge >= 0.3 is 0 Å². The maximum absolute atomic E-state index is 11.4. The minimum Gasteiger partial charge on any atom is -0.221 e. The van der Waals surface area contributed by atoms with Crippen LogP contribution in [0.15, 0.2) is 29.6 Å². The number of rotatable bonds is 2. The molecule has 5 nitrogen and oxygen atoms in total. The maximum Gasteiger partial charge on any atom is 0.267 e. The number of hydrogen-bond donors (Lipinski definition) is 0. The standard InChI is InChI=1S/C12H13N3O2S/c1-8-5-4-6-9(2)11(8)10-7-13-15-12(14-10)18(3,16)17/h4-7H,1-3H3. The van der Waals surface area contributed by atoms with E-state index in [0.717, 1.165) is 22.9 Å². The minimum absolute atomic E-state index is 0.248. The second-order valence-electron chi connectivity index (χ2n) is 4.16. The molecule has 0 fully saturated rings. The highest BCUT2D eigenvalue weighted by molar-refractivity contribution is 7.90. The summed E-state index contributed by atoms with van der Waals surface area (Å²) >= 11 is 0. The Morgan fingerprint density at radius 3 is 2.28 bits per heavy atom. The first-order valence-corrected chi connectivity index (χ1v) is 7.25. The van der Waals surface area contributed by atoms with Crippen molar-refractivity contribution < 1.29 is 8.42 Å².